The molecule has 21 heavy (non-hydrogen) atoms. The minimum atomic E-state index is -0.470. The zero-order chi connectivity index (χ0) is 15.7. The van der Waals surface area contributed by atoms with Gasteiger partial charge in [0.25, 0.3) is 0 Å². The van der Waals surface area contributed by atoms with Crippen LogP contribution in [0.3, 0.4) is 0 Å². The quantitative estimate of drug-likeness (QED) is 0.846. The summed E-state index contributed by atoms with van der Waals surface area (Å²) in [5, 5.41) is 3.52. The Morgan fingerprint density at radius 2 is 2.05 bits per heavy atom. The molecule has 1 amide bonds. The van der Waals surface area contributed by atoms with E-state index in [1.54, 1.807) is 12.0 Å². The first-order chi connectivity index (χ1) is 9.72. The van der Waals surface area contributed by atoms with Crippen LogP contribution >= 0.6 is 0 Å². The zero-order valence-electron chi connectivity index (χ0n) is 13.8. The molecule has 0 radical (unpaired) electrons. The molecule has 1 unspecified atom stereocenters. The largest absolute Gasteiger partial charge is 0.444 e. The highest BCUT2D eigenvalue weighted by Gasteiger charge is 2.40. The molecule has 0 saturated carbocycles. The molecule has 0 bridgehead atoms. The van der Waals surface area contributed by atoms with E-state index in [0.717, 1.165) is 19.8 Å². The van der Waals surface area contributed by atoms with Gasteiger partial charge in [0.2, 0.25) is 0 Å². The molecule has 0 aromatic carbocycles. The van der Waals surface area contributed by atoms with Crippen molar-refractivity contribution < 1.29 is 19.0 Å². The summed E-state index contributed by atoms with van der Waals surface area (Å²) in [6.07, 6.45) is -0.269. The van der Waals surface area contributed by atoms with E-state index in [9.17, 15) is 4.79 Å². The fourth-order valence-corrected chi connectivity index (χ4v) is 2.61. The van der Waals surface area contributed by atoms with Gasteiger partial charge in [0.1, 0.15) is 5.60 Å². The number of methoxy groups -OCH3 is 1. The van der Waals surface area contributed by atoms with Gasteiger partial charge in [0, 0.05) is 25.6 Å². The van der Waals surface area contributed by atoms with E-state index in [0.29, 0.717) is 13.1 Å². The van der Waals surface area contributed by atoms with Crippen molar-refractivity contribution in [1.82, 2.24) is 10.2 Å². The number of rotatable bonds is 4. The van der Waals surface area contributed by atoms with Crippen molar-refractivity contribution in [3.05, 3.63) is 0 Å². The first-order valence-electron chi connectivity index (χ1n) is 7.54. The van der Waals surface area contributed by atoms with E-state index in [2.05, 4.69) is 12.2 Å². The van der Waals surface area contributed by atoms with Gasteiger partial charge in [-0.15, -0.1) is 0 Å². The van der Waals surface area contributed by atoms with Gasteiger partial charge in [-0.3, -0.25) is 0 Å². The van der Waals surface area contributed by atoms with E-state index in [1.165, 1.54) is 0 Å². The smallest absolute Gasteiger partial charge is 0.410 e. The molecule has 1 N–H and O–H groups in total. The molecule has 0 aromatic rings. The fourth-order valence-electron chi connectivity index (χ4n) is 2.61. The van der Waals surface area contributed by atoms with Crippen molar-refractivity contribution in [2.45, 2.75) is 45.4 Å². The van der Waals surface area contributed by atoms with E-state index >= 15 is 0 Å². The maximum atomic E-state index is 12.1. The summed E-state index contributed by atoms with van der Waals surface area (Å²) in [5.74, 6) is 0. The van der Waals surface area contributed by atoms with E-state index < -0.39 is 5.60 Å². The third-order valence-electron chi connectivity index (χ3n) is 3.91. The van der Waals surface area contributed by atoms with Gasteiger partial charge in [-0.2, -0.15) is 0 Å². The summed E-state index contributed by atoms with van der Waals surface area (Å²) in [6, 6.07) is 0.139. The lowest BCUT2D eigenvalue weighted by Gasteiger charge is -2.39. The maximum Gasteiger partial charge on any atom is 0.410 e. The standard InChI is InChI=1S/C15H28N2O4/c1-14(2,3)21-13(18)17-6-11(12(7-17)19-5)16-8-15(4)9-20-10-15/h11-12,16H,6-10H2,1-5H3/t11?,12-/m0/s1. The number of nitrogens with zero attached hydrogens (tertiary/aromatic N) is 1. The lowest BCUT2D eigenvalue weighted by atomic mass is 9.88. The summed E-state index contributed by atoms with van der Waals surface area (Å²) in [4.78, 5) is 13.9. The van der Waals surface area contributed by atoms with Gasteiger partial charge < -0.3 is 24.4 Å². The molecule has 2 heterocycles. The first kappa shape index (κ1) is 16.5. The lowest BCUT2D eigenvalue weighted by molar-refractivity contribution is -0.101. The highest BCUT2D eigenvalue weighted by molar-refractivity contribution is 5.68. The highest BCUT2D eigenvalue weighted by atomic mass is 16.6. The second-order valence-electron chi connectivity index (χ2n) is 7.45. The number of ether oxygens (including phenoxy) is 3. The third-order valence-corrected chi connectivity index (χ3v) is 3.91. The van der Waals surface area contributed by atoms with Gasteiger partial charge in [0.05, 0.1) is 31.9 Å². The van der Waals surface area contributed by atoms with Crippen LogP contribution in [0.4, 0.5) is 4.79 Å². The van der Waals surface area contributed by atoms with Crippen LogP contribution in [0, 0.1) is 5.41 Å². The second-order valence-corrected chi connectivity index (χ2v) is 7.45. The Morgan fingerprint density at radius 1 is 1.38 bits per heavy atom. The number of hydrogen-bond acceptors (Lipinski definition) is 5. The normalized spacial score (nSPS) is 28.3. The number of likely N-dealkylation sites (tertiary alicyclic amines) is 1. The van der Waals surface area contributed by atoms with Crippen molar-refractivity contribution in [3.8, 4) is 0 Å². The second kappa shape index (κ2) is 6.10. The van der Waals surface area contributed by atoms with Crippen LogP contribution < -0.4 is 5.32 Å². The fraction of sp³-hybridized carbons (Fsp3) is 0.933. The lowest BCUT2D eigenvalue weighted by Crippen LogP contribution is -2.52. The first-order valence-corrected chi connectivity index (χ1v) is 7.54. The Labute approximate surface area is 127 Å². The molecular formula is C15H28N2O4. The molecule has 0 spiro atoms. The van der Waals surface area contributed by atoms with Crippen LogP contribution in [0.1, 0.15) is 27.7 Å². The van der Waals surface area contributed by atoms with Crippen LogP contribution in [0.15, 0.2) is 0 Å². The summed E-state index contributed by atoms with van der Waals surface area (Å²) >= 11 is 0. The summed E-state index contributed by atoms with van der Waals surface area (Å²) in [7, 11) is 1.69. The van der Waals surface area contributed by atoms with E-state index in [4.69, 9.17) is 14.2 Å². The molecule has 2 aliphatic rings. The molecule has 2 aliphatic heterocycles. The van der Waals surface area contributed by atoms with Gasteiger partial charge in [-0.1, -0.05) is 6.92 Å². The maximum absolute atomic E-state index is 12.1. The van der Waals surface area contributed by atoms with E-state index in [-0.39, 0.29) is 23.7 Å². The van der Waals surface area contributed by atoms with Gasteiger partial charge in [-0.05, 0) is 20.8 Å². The molecule has 0 aliphatic carbocycles. The number of amides is 1. The minimum absolute atomic E-state index is 0.00196. The molecule has 122 valence electrons. The number of carbonyl (C=O) groups is 1. The molecular weight excluding hydrogens is 272 g/mol. The molecule has 2 rings (SSSR count). The SMILES string of the molecule is CO[C@H]1CN(C(=O)OC(C)(C)C)CC1NCC1(C)COC1. The monoisotopic (exact) mass is 300 g/mol. The van der Waals surface area contributed by atoms with Crippen LogP contribution in [0.2, 0.25) is 0 Å². The topological polar surface area (TPSA) is 60.0 Å². The molecule has 0 aromatic heterocycles. The molecule has 2 saturated heterocycles. The Kier molecular flexibility index (Phi) is 4.80. The molecule has 6 nitrogen and oxygen atoms in total. The molecule has 2 fully saturated rings. The number of hydrogen-bond donors (Lipinski definition) is 1. The van der Waals surface area contributed by atoms with Crippen molar-refractivity contribution in [1.29, 1.82) is 0 Å². The number of carbonyl (C=O) groups excluding carboxylic acids is 1. The Morgan fingerprint density at radius 3 is 2.52 bits per heavy atom. The average molecular weight is 300 g/mol. The Bertz CT molecular complexity index is 376. The van der Waals surface area contributed by atoms with Crippen LogP contribution in [0.5, 0.6) is 0 Å². The number of nitrogens with one attached hydrogen (secondary N) is 1. The zero-order valence-corrected chi connectivity index (χ0v) is 13.8. The van der Waals surface area contributed by atoms with Crippen molar-refractivity contribution in [3.63, 3.8) is 0 Å². The van der Waals surface area contributed by atoms with E-state index in [1.807, 2.05) is 20.8 Å². The van der Waals surface area contributed by atoms with Crippen molar-refractivity contribution in [2.75, 3.05) is 40.0 Å². The van der Waals surface area contributed by atoms with Gasteiger partial charge in [-0.25, -0.2) is 4.79 Å². The van der Waals surface area contributed by atoms with Crippen molar-refractivity contribution in [2.24, 2.45) is 5.41 Å². The average Bonchev–Trinajstić information content (AvgIpc) is 2.75. The molecule has 6 heteroatoms. The summed E-state index contributed by atoms with van der Waals surface area (Å²) in [5.41, 5.74) is -0.264. The van der Waals surface area contributed by atoms with Crippen LogP contribution in [-0.2, 0) is 14.2 Å². The predicted molar refractivity (Wildman–Crippen MR) is 79.3 cm³/mol. The van der Waals surface area contributed by atoms with Crippen molar-refractivity contribution >= 4 is 6.09 Å². The van der Waals surface area contributed by atoms with Gasteiger partial charge in [0.15, 0.2) is 0 Å². The molecule has 2 atom stereocenters. The Balaban J connectivity index is 1.86. The van der Waals surface area contributed by atoms with Crippen LogP contribution in [0.25, 0.3) is 0 Å². The summed E-state index contributed by atoms with van der Waals surface area (Å²) in [6.45, 7) is 11.5. The predicted octanol–water partition coefficient (Wildman–Crippen LogP) is 1.25. The van der Waals surface area contributed by atoms with Crippen LogP contribution in [-0.4, -0.2) is 68.7 Å². The summed E-state index contributed by atoms with van der Waals surface area (Å²) < 4.78 is 16.2. The highest BCUT2D eigenvalue weighted by Crippen LogP contribution is 2.26. The minimum Gasteiger partial charge on any atom is -0.444 e. The Hall–Kier alpha value is -0.850. The van der Waals surface area contributed by atoms with Gasteiger partial charge >= 0.3 is 6.09 Å². The third kappa shape index (κ3) is 4.31.